The molecule has 220 valence electrons. The molecular weight excluding hydrogens is 589 g/mol. The lowest BCUT2D eigenvalue weighted by Crippen LogP contribution is -2.29. The molecule has 2 unspecified atom stereocenters. The number of carbonyl (C=O) groups excluding carboxylic acids is 1. The zero-order chi connectivity index (χ0) is 30.2. The highest BCUT2D eigenvalue weighted by molar-refractivity contribution is 6.31. The van der Waals surface area contributed by atoms with Crippen molar-refractivity contribution in [3.8, 4) is 28.2 Å². The monoisotopic (exact) mass is 617 g/mol. The lowest BCUT2D eigenvalue weighted by atomic mass is 9.88. The van der Waals surface area contributed by atoms with Gasteiger partial charge in [0.05, 0.1) is 53.2 Å². The van der Waals surface area contributed by atoms with Gasteiger partial charge in [-0.15, -0.1) is 5.10 Å². The topological polar surface area (TPSA) is 125 Å². The Morgan fingerprint density at radius 2 is 1.88 bits per heavy atom. The average molecular weight is 619 g/mol. The molecule has 2 bridgehead atoms. The lowest BCUT2D eigenvalue weighted by molar-refractivity contribution is -0.121. The maximum absolute atomic E-state index is 13.8. The lowest BCUT2D eigenvalue weighted by Gasteiger charge is -2.24. The minimum atomic E-state index is -0.408. The first-order valence-electron chi connectivity index (χ1n) is 13.9. The number of aryl methyl sites for hydroxylation is 1. The fourth-order valence-corrected chi connectivity index (χ4v) is 5.97. The molecule has 6 rings (SSSR count). The van der Waals surface area contributed by atoms with Crippen LogP contribution < -0.4 is 10.9 Å². The number of hydrogen-bond donors (Lipinski definition) is 1. The Bertz CT molecular complexity index is 1880. The van der Waals surface area contributed by atoms with Crippen molar-refractivity contribution in [3.63, 3.8) is 0 Å². The maximum Gasteiger partial charge on any atom is 0.254 e. The Labute approximate surface area is 257 Å². The van der Waals surface area contributed by atoms with Gasteiger partial charge in [-0.3, -0.25) is 23.8 Å². The quantitative estimate of drug-likeness (QED) is 0.279. The van der Waals surface area contributed by atoms with Gasteiger partial charge in [-0.05, 0) is 49.1 Å². The number of nitrogens with one attached hydrogen (secondary N) is 1. The molecule has 0 aliphatic carbocycles. The summed E-state index contributed by atoms with van der Waals surface area (Å²) in [5, 5.41) is 16.1. The molecule has 5 aromatic rings. The highest BCUT2D eigenvalue weighted by Crippen LogP contribution is 2.34. The summed E-state index contributed by atoms with van der Waals surface area (Å²) < 4.78 is 4.84. The first-order chi connectivity index (χ1) is 20.7. The standard InChI is InChI=1S/C30H29Cl2N9O2/c1-17(2)20-5-4-6-26(23-11-18(9-10-33-23)29-24(36-30(20)43)14-35-39(29)3)40-16-34-22(13-28(40)42)21-12-19(31)7-8-25(21)41-15-27(32)37-38-41/h7-17,20,26H,4-6H2,1-3H3,(H,36,43). The van der Waals surface area contributed by atoms with Crippen LogP contribution in [0.3, 0.4) is 0 Å². The molecule has 0 saturated carbocycles. The van der Waals surface area contributed by atoms with Crippen molar-refractivity contribution in [2.75, 3.05) is 5.32 Å². The molecule has 1 aliphatic heterocycles. The van der Waals surface area contributed by atoms with E-state index in [1.165, 1.54) is 10.7 Å². The van der Waals surface area contributed by atoms with Crippen LogP contribution in [0.5, 0.6) is 0 Å². The molecule has 2 atom stereocenters. The molecule has 0 fully saturated rings. The smallest absolute Gasteiger partial charge is 0.254 e. The van der Waals surface area contributed by atoms with E-state index in [4.69, 9.17) is 23.2 Å². The van der Waals surface area contributed by atoms with Crippen molar-refractivity contribution in [3.05, 3.63) is 87.5 Å². The van der Waals surface area contributed by atoms with Crippen LogP contribution in [0.2, 0.25) is 10.2 Å². The van der Waals surface area contributed by atoms with Crippen LogP contribution in [0.4, 0.5) is 5.69 Å². The van der Waals surface area contributed by atoms with Crippen LogP contribution in [-0.4, -0.2) is 45.2 Å². The molecule has 1 N–H and O–H groups in total. The second-order valence-corrected chi connectivity index (χ2v) is 11.8. The number of rotatable bonds is 4. The van der Waals surface area contributed by atoms with Crippen molar-refractivity contribution in [2.24, 2.45) is 18.9 Å². The Morgan fingerprint density at radius 3 is 2.63 bits per heavy atom. The summed E-state index contributed by atoms with van der Waals surface area (Å²) in [6.07, 6.45) is 8.44. The van der Waals surface area contributed by atoms with E-state index in [9.17, 15) is 9.59 Å². The van der Waals surface area contributed by atoms with E-state index in [-0.39, 0.29) is 28.5 Å². The number of amides is 1. The molecule has 5 heterocycles. The Balaban J connectivity index is 1.44. The molecule has 1 amide bonds. The van der Waals surface area contributed by atoms with Crippen LogP contribution in [0.15, 0.2) is 66.1 Å². The predicted octanol–water partition coefficient (Wildman–Crippen LogP) is 5.58. The average Bonchev–Trinajstić information content (AvgIpc) is 3.57. The zero-order valence-corrected chi connectivity index (χ0v) is 25.3. The van der Waals surface area contributed by atoms with Gasteiger partial charge in [0.15, 0.2) is 5.15 Å². The van der Waals surface area contributed by atoms with Crippen molar-refractivity contribution < 1.29 is 4.79 Å². The fourth-order valence-electron chi connectivity index (χ4n) is 5.67. The van der Waals surface area contributed by atoms with Gasteiger partial charge < -0.3 is 5.32 Å². The summed E-state index contributed by atoms with van der Waals surface area (Å²) in [6.45, 7) is 4.10. The van der Waals surface area contributed by atoms with Crippen molar-refractivity contribution in [1.29, 1.82) is 0 Å². The number of pyridine rings is 1. The van der Waals surface area contributed by atoms with Crippen molar-refractivity contribution in [2.45, 2.75) is 39.2 Å². The predicted molar refractivity (Wildman–Crippen MR) is 164 cm³/mol. The van der Waals surface area contributed by atoms with Crippen LogP contribution in [0.25, 0.3) is 28.2 Å². The third-order valence-electron chi connectivity index (χ3n) is 7.85. The second-order valence-electron chi connectivity index (χ2n) is 11.0. The molecule has 0 radical (unpaired) electrons. The number of anilines is 1. The first-order valence-corrected chi connectivity index (χ1v) is 14.7. The number of nitrogens with zero attached hydrogens (tertiary/aromatic N) is 8. The molecular formula is C30H29Cl2N9O2. The van der Waals surface area contributed by atoms with Gasteiger partial charge in [-0.1, -0.05) is 48.7 Å². The molecule has 13 heteroatoms. The van der Waals surface area contributed by atoms with Crippen LogP contribution in [0, 0.1) is 11.8 Å². The second kappa shape index (κ2) is 11.7. The molecule has 43 heavy (non-hydrogen) atoms. The summed E-state index contributed by atoms with van der Waals surface area (Å²) in [5.74, 6) is -0.110. The molecule has 11 nitrogen and oxygen atoms in total. The Morgan fingerprint density at radius 1 is 1.05 bits per heavy atom. The summed E-state index contributed by atoms with van der Waals surface area (Å²) in [4.78, 5) is 36.5. The minimum absolute atomic E-state index is 0.0372. The highest BCUT2D eigenvalue weighted by Gasteiger charge is 2.27. The van der Waals surface area contributed by atoms with E-state index < -0.39 is 6.04 Å². The summed E-state index contributed by atoms with van der Waals surface area (Å²) in [5.41, 5.74) is 4.36. The molecule has 4 aromatic heterocycles. The van der Waals surface area contributed by atoms with Gasteiger partial charge in [0.1, 0.15) is 0 Å². The van der Waals surface area contributed by atoms with E-state index in [1.54, 1.807) is 52.4 Å². The number of hydrogen-bond acceptors (Lipinski definition) is 7. The number of aromatic nitrogens is 8. The SMILES string of the molecule is CC(C)C1CCCC(n2cnc(-c3cc(Cl)ccc3-n3cc(Cl)nn3)cc2=O)c2cc(ccn2)-c2c(cnn2C)NC1=O. The maximum atomic E-state index is 13.8. The molecule has 1 aromatic carbocycles. The largest absolute Gasteiger partial charge is 0.323 e. The van der Waals surface area contributed by atoms with E-state index in [2.05, 4.69) is 30.7 Å². The van der Waals surface area contributed by atoms with Gasteiger partial charge in [-0.25, -0.2) is 9.67 Å². The minimum Gasteiger partial charge on any atom is -0.323 e. The summed E-state index contributed by atoms with van der Waals surface area (Å²) in [6, 6.07) is 10.1. The van der Waals surface area contributed by atoms with E-state index in [1.807, 2.05) is 33.0 Å². The number of fused-ring (bicyclic) bond motifs is 4. The van der Waals surface area contributed by atoms with E-state index in [0.29, 0.717) is 46.9 Å². The Hall–Kier alpha value is -4.35. The van der Waals surface area contributed by atoms with Crippen molar-refractivity contribution >= 4 is 34.8 Å². The van der Waals surface area contributed by atoms with Gasteiger partial charge in [0.25, 0.3) is 5.56 Å². The third kappa shape index (κ3) is 5.70. The van der Waals surface area contributed by atoms with E-state index in [0.717, 1.165) is 17.0 Å². The summed E-state index contributed by atoms with van der Waals surface area (Å²) in [7, 11) is 1.83. The number of carbonyl (C=O) groups is 1. The number of benzene rings is 1. The molecule has 0 spiro atoms. The van der Waals surface area contributed by atoms with Gasteiger partial charge >= 0.3 is 0 Å². The van der Waals surface area contributed by atoms with Crippen LogP contribution in [0.1, 0.15) is 44.8 Å². The summed E-state index contributed by atoms with van der Waals surface area (Å²) >= 11 is 12.3. The van der Waals surface area contributed by atoms with Gasteiger partial charge in [-0.2, -0.15) is 5.10 Å². The molecule has 0 saturated heterocycles. The first kappa shape index (κ1) is 28.8. The van der Waals surface area contributed by atoms with Gasteiger partial charge in [0.2, 0.25) is 5.91 Å². The number of halogens is 2. The third-order valence-corrected chi connectivity index (χ3v) is 8.25. The molecule has 1 aliphatic rings. The van der Waals surface area contributed by atoms with Gasteiger partial charge in [0, 0.05) is 41.4 Å². The Kier molecular flexibility index (Phi) is 7.85. The van der Waals surface area contributed by atoms with E-state index >= 15 is 0 Å². The van der Waals surface area contributed by atoms with Crippen molar-refractivity contribution in [1.82, 2.24) is 39.3 Å². The highest BCUT2D eigenvalue weighted by atomic mass is 35.5. The van der Waals surface area contributed by atoms with Crippen LogP contribution in [-0.2, 0) is 11.8 Å². The normalized spacial score (nSPS) is 17.2. The van der Waals surface area contributed by atoms with Crippen LogP contribution >= 0.6 is 23.2 Å². The fraction of sp³-hybridized carbons (Fsp3) is 0.300. The zero-order valence-electron chi connectivity index (χ0n) is 23.8.